The SMILES string of the molecule is CCCCOC(=O)Cc1ccc(C)cc1CC(=O)OCCCC. The zero-order valence-corrected chi connectivity index (χ0v) is 14.5. The molecule has 4 nitrogen and oxygen atoms in total. The Morgan fingerprint density at radius 2 is 1.39 bits per heavy atom. The van der Waals surface area contributed by atoms with Crippen LogP contribution in [0.3, 0.4) is 0 Å². The van der Waals surface area contributed by atoms with Crippen LogP contribution in [-0.2, 0) is 31.9 Å². The minimum Gasteiger partial charge on any atom is -0.465 e. The Kier molecular flexibility index (Phi) is 9.03. The van der Waals surface area contributed by atoms with Crippen molar-refractivity contribution < 1.29 is 19.1 Å². The largest absolute Gasteiger partial charge is 0.465 e. The highest BCUT2D eigenvalue weighted by Crippen LogP contribution is 2.15. The molecule has 0 atom stereocenters. The van der Waals surface area contributed by atoms with Crippen molar-refractivity contribution >= 4 is 11.9 Å². The van der Waals surface area contributed by atoms with Crippen LogP contribution in [0, 0.1) is 6.92 Å². The van der Waals surface area contributed by atoms with Gasteiger partial charge in [0.05, 0.1) is 26.1 Å². The number of hydrogen-bond donors (Lipinski definition) is 0. The third-order valence-electron chi connectivity index (χ3n) is 3.55. The second-order valence-electron chi connectivity index (χ2n) is 5.77. The van der Waals surface area contributed by atoms with Crippen LogP contribution in [-0.4, -0.2) is 25.2 Å². The molecule has 128 valence electrons. The van der Waals surface area contributed by atoms with Crippen molar-refractivity contribution in [3.63, 3.8) is 0 Å². The Labute approximate surface area is 139 Å². The van der Waals surface area contributed by atoms with Gasteiger partial charge < -0.3 is 9.47 Å². The van der Waals surface area contributed by atoms with Gasteiger partial charge in [-0.25, -0.2) is 0 Å². The van der Waals surface area contributed by atoms with E-state index in [4.69, 9.17) is 9.47 Å². The van der Waals surface area contributed by atoms with Gasteiger partial charge in [-0.3, -0.25) is 9.59 Å². The lowest BCUT2D eigenvalue weighted by molar-refractivity contribution is -0.144. The number of carbonyl (C=O) groups excluding carboxylic acids is 2. The Morgan fingerprint density at radius 3 is 1.91 bits per heavy atom. The number of aryl methyl sites for hydroxylation is 1. The maximum absolute atomic E-state index is 11.9. The van der Waals surface area contributed by atoms with Gasteiger partial charge in [0.15, 0.2) is 0 Å². The molecule has 0 aliphatic heterocycles. The summed E-state index contributed by atoms with van der Waals surface area (Å²) < 4.78 is 10.4. The average molecular weight is 320 g/mol. The van der Waals surface area contributed by atoms with E-state index in [9.17, 15) is 9.59 Å². The normalized spacial score (nSPS) is 10.4. The van der Waals surface area contributed by atoms with Crippen LogP contribution in [0.25, 0.3) is 0 Å². The van der Waals surface area contributed by atoms with Crippen molar-refractivity contribution in [1.29, 1.82) is 0 Å². The summed E-state index contributed by atoms with van der Waals surface area (Å²) in [5.74, 6) is -0.493. The summed E-state index contributed by atoms with van der Waals surface area (Å²) in [6.45, 7) is 6.98. The van der Waals surface area contributed by atoms with Crippen molar-refractivity contribution in [1.82, 2.24) is 0 Å². The van der Waals surface area contributed by atoms with Crippen molar-refractivity contribution in [2.24, 2.45) is 0 Å². The van der Waals surface area contributed by atoms with Crippen molar-refractivity contribution in [3.05, 3.63) is 34.9 Å². The molecule has 4 heteroatoms. The van der Waals surface area contributed by atoms with Crippen LogP contribution in [0.5, 0.6) is 0 Å². The number of unbranched alkanes of at least 4 members (excludes halogenated alkanes) is 2. The van der Waals surface area contributed by atoms with E-state index >= 15 is 0 Å². The molecule has 0 unspecified atom stereocenters. The molecule has 1 rings (SSSR count). The molecule has 0 heterocycles. The second kappa shape index (κ2) is 10.8. The fourth-order valence-corrected chi connectivity index (χ4v) is 2.17. The van der Waals surface area contributed by atoms with Crippen LogP contribution >= 0.6 is 0 Å². The smallest absolute Gasteiger partial charge is 0.310 e. The van der Waals surface area contributed by atoms with Gasteiger partial charge in [0.2, 0.25) is 0 Å². The van der Waals surface area contributed by atoms with Crippen LogP contribution in [0.4, 0.5) is 0 Å². The number of carbonyl (C=O) groups is 2. The molecular weight excluding hydrogens is 292 g/mol. The monoisotopic (exact) mass is 320 g/mol. The van der Waals surface area contributed by atoms with Gasteiger partial charge in [0.25, 0.3) is 0 Å². The summed E-state index contributed by atoms with van der Waals surface area (Å²) in [7, 11) is 0. The molecule has 0 fully saturated rings. The maximum atomic E-state index is 11.9. The molecule has 1 aromatic carbocycles. The van der Waals surface area contributed by atoms with E-state index in [-0.39, 0.29) is 24.8 Å². The van der Waals surface area contributed by atoms with Gasteiger partial charge in [-0.15, -0.1) is 0 Å². The van der Waals surface area contributed by atoms with Crippen molar-refractivity contribution in [2.75, 3.05) is 13.2 Å². The predicted molar refractivity (Wildman–Crippen MR) is 90.3 cm³/mol. The topological polar surface area (TPSA) is 52.6 Å². The average Bonchev–Trinajstić information content (AvgIpc) is 2.50. The summed E-state index contributed by atoms with van der Waals surface area (Å²) >= 11 is 0. The molecule has 0 saturated heterocycles. The van der Waals surface area contributed by atoms with E-state index in [2.05, 4.69) is 13.8 Å². The number of hydrogen-bond acceptors (Lipinski definition) is 4. The first-order chi connectivity index (χ1) is 11.1. The first kappa shape index (κ1) is 19.2. The van der Waals surface area contributed by atoms with Gasteiger partial charge in [0, 0.05) is 0 Å². The van der Waals surface area contributed by atoms with Crippen molar-refractivity contribution in [3.8, 4) is 0 Å². The van der Waals surface area contributed by atoms with Gasteiger partial charge in [-0.1, -0.05) is 50.5 Å². The molecule has 0 N–H and O–H groups in total. The van der Waals surface area contributed by atoms with Crippen LogP contribution in [0.1, 0.15) is 56.2 Å². The van der Waals surface area contributed by atoms with E-state index < -0.39 is 0 Å². The Morgan fingerprint density at radius 1 is 0.870 bits per heavy atom. The molecule has 1 aromatic rings. The molecule has 0 aliphatic carbocycles. The Balaban J connectivity index is 2.65. The van der Waals surface area contributed by atoms with E-state index in [0.717, 1.165) is 42.4 Å². The highest BCUT2D eigenvalue weighted by atomic mass is 16.5. The zero-order valence-electron chi connectivity index (χ0n) is 14.5. The first-order valence-electron chi connectivity index (χ1n) is 8.46. The maximum Gasteiger partial charge on any atom is 0.310 e. The zero-order chi connectivity index (χ0) is 17.1. The standard InChI is InChI=1S/C19H28O4/c1-4-6-10-22-18(20)13-16-9-8-15(3)12-17(16)14-19(21)23-11-7-5-2/h8-9,12H,4-7,10-11,13-14H2,1-3H3. The van der Waals surface area contributed by atoms with Crippen molar-refractivity contribution in [2.45, 2.75) is 59.3 Å². The van der Waals surface area contributed by atoms with Crippen LogP contribution in [0.2, 0.25) is 0 Å². The summed E-state index contributed by atoms with van der Waals surface area (Å²) in [5.41, 5.74) is 2.74. The molecule has 0 aliphatic rings. The molecule has 0 radical (unpaired) electrons. The quantitative estimate of drug-likeness (QED) is 0.486. The van der Waals surface area contributed by atoms with E-state index in [0.29, 0.717) is 13.2 Å². The highest BCUT2D eigenvalue weighted by molar-refractivity contribution is 5.76. The Hall–Kier alpha value is -1.84. The minimum atomic E-state index is -0.247. The minimum absolute atomic E-state index is 0.196. The highest BCUT2D eigenvalue weighted by Gasteiger charge is 2.13. The van der Waals surface area contributed by atoms with Gasteiger partial charge in [0.1, 0.15) is 0 Å². The molecule has 0 spiro atoms. The molecule has 0 saturated carbocycles. The predicted octanol–water partition coefficient (Wildman–Crippen LogP) is 3.77. The van der Waals surface area contributed by atoms with Gasteiger partial charge in [-0.2, -0.15) is 0 Å². The van der Waals surface area contributed by atoms with Crippen LogP contribution in [0.15, 0.2) is 18.2 Å². The van der Waals surface area contributed by atoms with Crippen LogP contribution < -0.4 is 0 Å². The molecule has 23 heavy (non-hydrogen) atoms. The van der Waals surface area contributed by atoms with E-state index in [1.54, 1.807) is 0 Å². The molecule has 0 amide bonds. The molecule has 0 bridgehead atoms. The molecular formula is C19H28O4. The number of benzene rings is 1. The number of esters is 2. The van der Waals surface area contributed by atoms with Gasteiger partial charge in [-0.05, 0) is 30.9 Å². The second-order valence-corrected chi connectivity index (χ2v) is 5.77. The fourth-order valence-electron chi connectivity index (χ4n) is 2.17. The van der Waals surface area contributed by atoms with Gasteiger partial charge >= 0.3 is 11.9 Å². The van der Waals surface area contributed by atoms with E-state index in [1.165, 1.54) is 0 Å². The third-order valence-corrected chi connectivity index (χ3v) is 3.55. The third kappa shape index (κ3) is 7.82. The first-order valence-corrected chi connectivity index (χ1v) is 8.46. The summed E-state index contributed by atoms with van der Waals surface area (Å²) in [6.07, 6.45) is 4.12. The lowest BCUT2D eigenvalue weighted by Gasteiger charge is -2.11. The summed E-state index contributed by atoms with van der Waals surface area (Å²) in [5, 5.41) is 0. The summed E-state index contributed by atoms with van der Waals surface area (Å²) in [4.78, 5) is 23.8. The van der Waals surface area contributed by atoms with E-state index in [1.807, 2.05) is 25.1 Å². The summed E-state index contributed by atoms with van der Waals surface area (Å²) in [6, 6.07) is 5.78. The lowest BCUT2D eigenvalue weighted by Crippen LogP contribution is -2.14. The Bertz CT molecular complexity index is 508. The fraction of sp³-hybridized carbons (Fsp3) is 0.579. The molecule has 0 aromatic heterocycles. The number of rotatable bonds is 10. The lowest BCUT2D eigenvalue weighted by atomic mass is 9.99. The number of ether oxygens (including phenoxy) is 2.